The highest BCUT2D eigenvalue weighted by Crippen LogP contribution is 2.30. The van der Waals surface area contributed by atoms with Crippen molar-refractivity contribution in [3.63, 3.8) is 0 Å². The predicted octanol–water partition coefficient (Wildman–Crippen LogP) is 5.33. The zero-order chi connectivity index (χ0) is 23.3. The Morgan fingerprint density at radius 1 is 1.00 bits per heavy atom. The Hall–Kier alpha value is -2.14. The molecule has 0 unspecified atom stereocenters. The average molecular weight is 602 g/mol. The maximum absolute atomic E-state index is 13.3. The number of sulfonamides is 1. The summed E-state index contributed by atoms with van der Waals surface area (Å²) in [5.74, 6) is -0.611. The number of halogens is 3. The first-order chi connectivity index (χ1) is 15.2. The maximum atomic E-state index is 13.3. The summed E-state index contributed by atoms with van der Waals surface area (Å²) in [6.07, 6.45) is 0. The van der Waals surface area contributed by atoms with Crippen LogP contribution in [0.2, 0.25) is 10.0 Å². The molecule has 0 saturated carbocycles. The normalized spacial score (nSPS) is 11.8. The molecule has 0 atom stereocenters. The fourth-order valence-corrected chi connectivity index (χ4v) is 4.83. The second-order valence-corrected chi connectivity index (χ2v) is 10.6. The fourth-order valence-electron chi connectivity index (χ4n) is 2.74. The number of anilines is 1. The Balaban J connectivity index is 1.88. The monoisotopic (exact) mass is 601 g/mol. The Labute approximate surface area is 210 Å². The first kappa shape index (κ1) is 24.5. The van der Waals surface area contributed by atoms with Gasteiger partial charge in [0, 0.05) is 3.57 Å². The van der Waals surface area contributed by atoms with Crippen LogP contribution in [-0.2, 0) is 14.8 Å². The number of carbonyl (C=O) groups is 1. The number of rotatable bonds is 7. The van der Waals surface area contributed by atoms with E-state index in [0.717, 1.165) is 13.4 Å². The van der Waals surface area contributed by atoms with Crippen molar-refractivity contribution in [3.8, 4) is 0 Å². The number of nitrogens with zero attached hydrogens (tertiary/aromatic N) is 2. The highest BCUT2D eigenvalue weighted by molar-refractivity contribution is 14.1. The van der Waals surface area contributed by atoms with Crippen LogP contribution in [0.3, 0.4) is 0 Å². The molecule has 0 spiro atoms. The summed E-state index contributed by atoms with van der Waals surface area (Å²) in [4.78, 5) is 12.7. The van der Waals surface area contributed by atoms with Gasteiger partial charge in [0.25, 0.3) is 15.9 Å². The summed E-state index contributed by atoms with van der Waals surface area (Å²) in [6.45, 7) is 1.25. The molecule has 0 fully saturated rings. The van der Waals surface area contributed by atoms with E-state index in [1.165, 1.54) is 30.3 Å². The SMILES string of the molecule is CC(=NNC(=O)CN(c1ccc(Cl)c(Cl)c1)S(=O)(=O)c1ccccc1)c1ccc(I)cc1. The number of amides is 1. The summed E-state index contributed by atoms with van der Waals surface area (Å²) in [6, 6.07) is 19.8. The fraction of sp³-hybridized carbons (Fsp3) is 0.0909. The Bertz CT molecular complexity index is 1250. The number of carbonyl (C=O) groups excluding carboxylic acids is 1. The number of hydrogen-bond donors (Lipinski definition) is 1. The van der Waals surface area contributed by atoms with Crippen molar-refractivity contribution in [2.24, 2.45) is 5.10 Å². The third-order valence-corrected chi connectivity index (χ3v) is 7.67. The minimum absolute atomic E-state index is 0.0393. The van der Waals surface area contributed by atoms with Crippen molar-refractivity contribution in [2.75, 3.05) is 10.8 Å². The summed E-state index contributed by atoms with van der Waals surface area (Å²) in [5.41, 5.74) is 4.05. The molecule has 0 aliphatic rings. The summed E-state index contributed by atoms with van der Waals surface area (Å²) < 4.78 is 28.6. The predicted molar refractivity (Wildman–Crippen MR) is 137 cm³/mol. The molecule has 0 heterocycles. The minimum Gasteiger partial charge on any atom is -0.271 e. The van der Waals surface area contributed by atoms with E-state index < -0.39 is 22.5 Å². The van der Waals surface area contributed by atoms with Gasteiger partial charge in [0.2, 0.25) is 0 Å². The van der Waals surface area contributed by atoms with Crippen LogP contribution in [0.15, 0.2) is 82.8 Å². The van der Waals surface area contributed by atoms with Gasteiger partial charge < -0.3 is 0 Å². The molecule has 0 aliphatic heterocycles. The first-order valence-electron chi connectivity index (χ1n) is 9.30. The lowest BCUT2D eigenvalue weighted by atomic mass is 10.1. The van der Waals surface area contributed by atoms with E-state index in [1.807, 2.05) is 24.3 Å². The molecule has 0 aliphatic carbocycles. The van der Waals surface area contributed by atoms with Gasteiger partial charge in [-0.3, -0.25) is 9.10 Å². The lowest BCUT2D eigenvalue weighted by molar-refractivity contribution is -0.119. The number of benzene rings is 3. The van der Waals surface area contributed by atoms with Crippen molar-refractivity contribution in [1.29, 1.82) is 0 Å². The molecule has 1 N–H and O–H groups in total. The van der Waals surface area contributed by atoms with E-state index in [2.05, 4.69) is 33.1 Å². The van der Waals surface area contributed by atoms with Gasteiger partial charge in [0.15, 0.2) is 0 Å². The largest absolute Gasteiger partial charge is 0.271 e. The van der Waals surface area contributed by atoms with E-state index in [0.29, 0.717) is 5.71 Å². The van der Waals surface area contributed by atoms with E-state index in [-0.39, 0.29) is 20.6 Å². The minimum atomic E-state index is -4.05. The second kappa shape index (κ2) is 10.7. The lowest BCUT2D eigenvalue weighted by Crippen LogP contribution is -2.39. The van der Waals surface area contributed by atoms with Gasteiger partial charge >= 0.3 is 0 Å². The Kier molecular flexibility index (Phi) is 8.16. The summed E-state index contributed by atoms with van der Waals surface area (Å²) in [7, 11) is -4.05. The number of hydrogen-bond acceptors (Lipinski definition) is 4. The standard InChI is InChI=1S/C22H18Cl2IN3O3S/c1-15(16-7-9-17(25)10-8-16)26-27-22(29)14-28(18-11-12-20(23)21(24)13-18)32(30,31)19-5-3-2-4-6-19/h2-13H,14H2,1H3,(H,27,29). The molecule has 10 heteroatoms. The van der Waals surface area contributed by atoms with E-state index >= 15 is 0 Å². The highest BCUT2D eigenvalue weighted by Gasteiger charge is 2.27. The van der Waals surface area contributed by atoms with Gasteiger partial charge in [-0.15, -0.1) is 0 Å². The van der Waals surface area contributed by atoms with E-state index in [1.54, 1.807) is 25.1 Å². The Morgan fingerprint density at radius 2 is 1.66 bits per heavy atom. The van der Waals surface area contributed by atoms with Crippen LogP contribution >= 0.6 is 45.8 Å². The van der Waals surface area contributed by atoms with Crippen molar-refractivity contribution < 1.29 is 13.2 Å². The molecule has 3 rings (SSSR count). The van der Waals surface area contributed by atoms with E-state index in [9.17, 15) is 13.2 Å². The molecule has 1 amide bonds. The highest BCUT2D eigenvalue weighted by atomic mass is 127. The molecule has 6 nitrogen and oxygen atoms in total. The van der Waals surface area contributed by atoms with Gasteiger partial charge in [0.1, 0.15) is 6.54 Å². The van der Waals surface area contributed by atoms with Crippen LogP contribution in [0.25, 0.3) is 0 Å². The lowest BCUT2D eigenvalue weighted by Gasteiger charge is -2.24. The van der Waals surface area contributed by atoms with Crippen molar-refractivity contribution in [3.05, 3.63) is 92.0 Å². The molecule has 3 aromatic rings. The number of nitrogens with one attached hydrogen (secondary N) is 1. The third kappa shape index (κ3) is 6.00. The molecule has 32 heavy (non-hydrogen) atoms. The van der Waals surface area contributed by atoms with Crippen LogP contribution in [0.5, 0.6) is 0 Å². The van der Waals surface area contributed by atoms with Crippen molar-refractivity contribution in [2.45, 2.75) is 11.8 Å². The molecular formula is C22H18Cl2IN3O3S. The van der Waals surface area contributed by atoms with Crippen molar-refractivity contribution in [1.82, 2.24) is 5.43 Å². The quantitative estimate of drug-likeness (QED) is 0.226. The zero-order valence-electron chi connectivity index (χ0n) is 16.8. The van der Waals surface area contributed by atoms with Crippen LogP contribution in [0.4, 0.5) is 5.69 Å². The van der Waals surface area contributed by atoms with Gasteiger partial charge in [-0.25, -0.2) is 13.8 Å². The molecule has 3 aromatic carbocycles. The van der Waals surface area contributed by atoms with E-state index in [4.69, 9.17) is 23.2 Å². The zero-order valence-corrected chi connectivity index (χ0v) is 21.3. The topological polar surface area (TPSA) is 78.8 Å². The maximum Gasteiger partial charge on any atom is 0.264 e. The van der Waals surface area contributed by atoms with Crippen LogP contribution < -0.4 is 9.73 Å². The van der Waals surface area contributed by atoms with Crippen LogP contribution in [0, 0.1) is 3.57 Å². The van der Waals surface area contributed by atoms with Gasteiger partial charge in [-0.05, 0) is 77.5 Å². The van der Waals surface area contributed by atoms with Gasteiger partial charge in [0.05, 0.1) is 26.3 Å². The molecule has 166 valence electrons. The average Bonchev–Trinajstić information content (AvgIpc) is 2.78. The molecule has 0 saturated heterocycles. The molecule has 0 bridgehead atoms. The number of hydrazone groups is 1. The van der Waals surface area contributed by atoms with Crippen molar-refractivity contribution >= 4 is 73.1 Å². The molecular weight excluding hydrogens is 584 g/mol. The summed E-state index contributed by atoms with van der Waals surface area (Å²) in [5, 5.41) is 4.55. The summed E-state index contributed by atoms with van der Waals surface area (Å²) >= 11 is 14.3. The van der Waals surface area contributed by atoms with Crippen LogP contribution in [-0.4, -0.2) is 26.6 Å². The third-order valence-electron chi connectivity index (χ3n) is 4.42. The second-order valence-electron chi connectivity index (χ2n) is 6.66. The van der Waals surface area contributed by atoms with Gasteiger partial charge in [-0.2, -0.15) is 5.10 Å². The smallest absolute Gasteiger partial charge is 0.264 e. The molecule has 0 radical (unpaired) electrons. The molecule has 0 aromatic heterocycles. The van der Waals surface area contributed by atoms with Gasteiger partial charge in [-0.1, -0.05) is 53.5 Å². The first-order valence-corrected chi connectivity index (χ1v) is 12.6. The Morgan fingerprint density at radius 3 is 2.28 bits per heavy atom. The van der Waals surface area contributed by atoms with Crippen LogP contribution in [0.1, 0.15) is 12.5 Å².